The van der Waals surface area contributed by atoms with Crippen LogP contribution in [0.2, 0.25) is 0 Å². The summed E-state index contributed by atoms with van der Waals surface area (Å²) >= 11 is 0. The first-order chi connectivity index (χ1) is 12.9. The number of unbranched alkanes of at least 4 members (excludes halogenated alkanes) is 9. The second-order valence-electron chi connectivity index (χ2n) is 7.06. The Labute approximate surface area is 159 Å². The van der Waals surface area contributed by atoms with E-state index in [1.165, 1.54) is 38.5 Å². The summed E-state index contributed by atoms with van der Waals surface area (Å²) in [5.74, 6) is 0.934. The number of para-hydroxylation sites is 1. The number of rotatable bonds is 18. The van der Waals surface area contributed by atoms with Gasteiger partial charge in [0.15, 0.2) is 0 Å². The van der Waals surface area contributed by atoms with Crippen LogP contribution in [0.25, 0.3) is 0 Å². The Kier molecular flexibility index (Phi) is 15.3. The fourth-order valence-electron chi connectivity index (χ4n) is 3.16. The molecule has 0 saturated carbocycles. The topological polar surface area (TPSA) is 47.6 Å². The maximum atomic E-state index is 10.3. The van der Waals surface area contributed by atoms with Crippen LogP contribution in [-0.2, 0) is 15.2 Å². The molecule has 1 radical (unpaired) electrons. The molecule has 0 fully saturated rings. The Morgan fingerprint density at radius 3 is 1.96 bits per heavy atom. The van der Waals surface area contributed by atoms with Crippen molar-refractivity contribution < 1.29 is 19.9 Å². The summed E-state index contributed by atoms with van der Waals surface area (Å²) in [5.41, 5.74) is 0. The lowest BCUT2D eigenvalue weighted by atomic mass is 10.0. The van der Waals surface area contributed by atoms with Crippen molar-refractivity contribution in [3.63, 3.8) is 0 Å². The summed E-state index contributed by atoms with van der Waals surface area (Å²) in [6.45, 7) is 2.99. The number of benzene rings is 1. The molecule has 4 nitrogen and oxygen atoms in total. The summed E-state index contributed by atoms with van der Waals surface area (Å²) in [5, 5.41) is 14.0. The minimum atomic E-state index is -0.0521. The average Bonchev–Trinajstić information content (AvgIpc) is 2.67. The lowest BCUT2D eigenvalue weighted by molar-refractivity contribution is -0.541. The van der Waals surface area contributed by atoms with Gasteiger partial charge in [-0.15, -0.1) is 0 Å². The fourth-order valence-corrected chi connectivity index (χ4v) is 3.16. The zero-order valence-electron chi connectivity index (χ0n) is 16.5. The molecule has 1 aromatic rings. The van der Waals surface area contributed by atoms with Gasteiger partial charge in [-0.1, -0.05) is 89.3 Å². The summed E-state index contributed by atoms with van der Waals surface area (Å²) in [6.07, 6.45) is 15.1. The molecule has 0 amide bonds. The summed E-state index contributed by atoms with van der Waals surface area (Å²) in [6, 6.07) is 9.92. The van der Waals surface area contributed by atoms with Crippen LogP contribution in [0.3, 0.4) is 0 Å². The van der Waals surface area contributed by atoms with E-state index in [0.29, 0.717) is 0 Å². The Hall–Kier alpha value is -1.10. The smallest absolute Gasteiger partial charge is 0.119 e. The summed E-state index contributed by atoms with van der Waals surface area (Å²) in [4.78, 5) is 4.89. The van der Waals surface area contributed by atoms with E-state index >= 15 is 0 Å². The van der Waals surface area contributed by atoms with Gasteiger partial charge < -0.3 is 4.74 Å². The molecule has 26 heavy (non-hydrogen) atoms. The average molecular weight is 366 g/mol. The molecule has 0 saturated heterocycles. The van der Waals surface area contributed by atoms with Gasteiger partial charge in [-0.3, -0.25) is 0 Å². The fraction of sp³-hybridized carbons (Fsp3) is 0.727. The lowest BCUT2D eigenvalue weighted by Crippen LogP contribution is -2.12. The van der Waals surface area contributed by atoms with E-state index in [1.54, 1.807) is 0 Å². The van der Waals surface area contributed by atoms with Crippen LogP contribution >= 0.6 is 0 Å². The molecular formula is C22H37O4. The van der Waals surface area contributed by atoms with Crippen molar-refractivity contribution in [3.05, 3.63) is 30.3 Å². The first kappa shape index (κ1) is 22.9. The number of ether oxygens (including phenoxy) is 1. The molecule has 0 aromatic heterocycles. The van der Waals surface area contributed by atoms with Gasteiger partial charge in [0.05, 0.1) is 12.7 Å². The van der Waals surface area contributed by atoms with Gasteiger partial charge in [-0.05, 0) is 41.7 Å². The van der Waals surface area contributed by atoms with E-state index in [1.807, 2.05) is 30.3 Å². The standard InChI is InChI=1S/C22H37O4/c1-2-3-4-5-6-7-11-18-22(25-26-23)19-12-8-9-15-20-24-21-16-13-10-14-17-21/h10,13-14,16-17,22H,2-9,11-12,15,18-20H2,1H3. The van der Waals surface area contributed by atoms with Crippen molar-refractivity contribution in [1.82, 2.24) is 0 Å². The normalized spacial score (nSPS) is 12.2. The third kappa shape index (κ3) is 13.2. The minimum absolute atomic E-state index is 0.0521. The van der Waals surface area contributed by atoms with E-state index < -0.39 is 0 Å². The molecule has 0 spiro atoms. The lowest BCUT2D eigenvalue weighted by Gasteiger charge is -2.13. The highest BCUT2D eigenvalue weighted by Crippen LogP contribution is 2.17. The second-order valence-corrected chi connectivity index (χ2v) is 7.06. The number of hydrogen-bond acceptors (Lipinski definition) is 3. The van der Waals surface area contributed by atoms with E-state index in [9.17, 15) is 5.26 Å². The van der Waals surface area contributed by atoms with Crippen LogP contribution in [0.4, 0.5) is 0 Å². The Morgan fingerprint density at radius 1 is 0.769 bits per heavy atom. The van der Waals surface area contributed by atoms with Gasteiger partial charge in [0.2, 0.25) is 0 Å². The Morgan fingerprint density at radius 2 is 1.35 bits per heavy atom. The maximum Gasteiger partial charge on any atom is 0.119 e. The molecule has 1 aromatic carbocycles. The van der Waals surface area contributed by atoms with E-state index in [0.717, 1.165) is 57.3 Å². The highest BCUT2D eigenvalue weighted by Gasteiger charge is 2.10. The molecule has 4 heteroatoms. The molecule has 149 valence electrons. The molecule has 0 heterocycles. The van der Waals surface area contributed by atoms with Gasteiger partial charge in [-0.2, -0.15) is 0 Å². The molecule has 0 N–H and O–H groups in total. The maximum absolute atomic E-state index is 10.3. The van der Waals surface area contributed by atoms with Crippen molar-refractivity contribution in [3.8, 4) is 5.75 Å². The van der Waals surface area contributed by atoms with Crippen molar-refractivity contribution in [1.29, 1.82) is 0 Å². The third-order valence-corrected chi connectivity index (χ3v) is 4.74. The van der Waals surface area contributed by atoms with E-state index in [2.05, 4.69) is 12.0 Å². The van der Waals surface area contributed by atoms with Crippen molar-refractivity contribution in [2.75, 3.05) is 6.61 Å². The number of hydrogen-bond donors (Lipinski definition) is 0. The largest absolute Gasteiger partial charge is 0.494 e. The predicted molar refractivity (Wildman–Crippen MR) is 104 cm³/mol. The predicted octanol–water partition coefficient (Wildman–Crippen LogP) is 6.82. The van der Waals surface area contributed by atoms with Gasteiger partial charge in [0.25, 0.3) is 0 Å². The van der Waals surface area contributed by atoms with Crippen LogP contribution < -0.4 is 4.74 Å². The van der Waals surface area contributed by atoms with E-state index in [-0.39, 0.29) is 6.10 Å². The van der Waals surface area contributed by atoms with Crippen LogP contribution in [0, 0.1) is 0 Å². The molecule has 0 aliphatic heterocycles. The Bertz CT molecular complexity index is 396. The summed E-state index contributed by atoms with van der Waals surface area (Å²) < 4.78 is 5.69. The van der Waals surface area contributed by atoms with Gasteiger partial charge in [-0.25, -0.2) is 4.89 Å². The van der Waals surface area contributed by atoms with Crippen LogP contribution in [0.15, 0.2) is 30.3 Å². The second kappa shape index (κ2) is 17.3. The molecule has 0 aliphatic carbocycles. The van der Waals surface area contributed by atoms with Gasteiger partial charge >= 0.3 is 0 Å². The quantitative estimate of drug-likeness (QED) is 0.163. The van der Waals surface area contributed by atoms with Crippen LogP contribution in [0.1, 0.15) is 90.4 Å². The van der Waals surface area contributed by atoms with Crippen molar-refractivity contribution in [2.24, 2.45) is 0 Å². The molecule has 1 rings (SSSR count). The molecule has 1 atom stereocenters. The Balaban J connectivity index is 1.95. The molecule has 0 bridgehead atoms. The third-order valence-electron chi connectivity index (χ3n) is 4.74. The SMILES string of the molecule is CCCCCCCCCC(CCCCCCOc1ccccc1)OO[O]. The van der Waals surface area contributed by atoms with Crippen LogP contribution in [0.5, 0.6) is 5.75 Å². The van der Waals surface area contributed by atoms with Gasteiger partial charge in [0, 0.05) is 0 Å². The zero-order valence-corrected chi connectivity index (χ0v) is 16.5. The zero-order chi connectivity index (χ0) is 18.7. The van der Waals surface area contributed by atoms with Crippen molar-refractivity contribution >= 4 is 0 Å². The highest BCUT2D eigenvalue weighted by molar-refractivity contribution is 5.20. The summed E-state index contributed by atoms with van der Waals surface area (Å²) in [7, 11) is 0. The van der Waals surface area contributed by atoms with Crippen molar-refractivity contribution in [2.45, 2.75) is 96.5 Å². The van der Waals surface area contributed by atoms with E-state index in [4.69, 9.17) is 9.62 Å². The molecular weight excluding hydrogens is 328 g/mol. The minimum Gasteiger partial charge on any atom is -0.494 e. The monoisotopic (exact) mass is 365 g/mol. The molecule has 1 unspecified atom stereocenters. The van der Waals surface area contributed by atoms with Gasteiger partial charge in [0.1, 0.15) is 5.75 Å². The first-order valence-corrected chi connectivity index (χ1v) is 10.5. The highest BCUT2D eigenvalue weighted by atomic mass is 17.5. The molecule has 0 aliphatic rings. The first-order valence-electron chi connectivity index (χ1n) is 10.5. The van der Waals surface area contributed by atoms with Crippen LogP contribution in [-0.4, -0.2) is 12.7 Å².